The third-order valence-corrected chi connectivity index (χ3v) is 5.07. The largest absolute Gasteiger partial charge is 0.450 e. The van der Waals surface area contributed by atoms with Crippen LogP contribution in [0, 0.1) is 0 Å². The first kappa shape index (κ1) is 20.5. The Bertz CT molecular complexity index is 1120. The number of fused-ring (bicyclic) bond motifs is 1. The minimum atomic E-state index is -0.309. The maximum absolute atomic E-state index is 13.0. The van der Waals surface area contributed by atoms with E-state index in [-0.39, 0.29) is 12.0 Å². The topological polar surface area (TPSA) is 96.8 Å². The highest BCUT2D eigenvalue weighted by molar-refractivity contribution is 6.07. The van der Waals surface area contributed by atoms with Crippen molar-refractivity contribution in [3.8, 4) is 11.4 Å². The zero-order chi connectivity index (χ0) is 21.6. The number of hydrogen-bond donors (Lipinski definition) is 1. The minimum absolute atomic E-state index is 0.309. The van der Waals surface area contributed by atoms with E-state index in [1.165, 1.54) is 0 Å². The summed E-state index contributed by atoms with van der Waals surface area (Å²) in [5.41, 5.74) is 6.04. The molecule has 31 heavy (non-hydrogen) atoms. The van der Waals surface area contributed by atoms with Crippen molar-refractivity contribution in [3.05, 3.63) is 60.3 Å². The lowest BCUT2D eigenvalue weighted by Gasteiger charge is -2.26. The molecule has 1 aromatic carbocycles. The fraction of sp³-hybridized carbons (Fsp3) is 0.261. The van der Waals surface area contributed by atoms with Gasteiger partial charge in [-0.25, -0.2) is 15.2 Å². The van der Waals surface area contributed by atoms with E-state index < -0.39 is 0 Å². The molecule has 2 amide bonds. The molecule has 3 aromatic rings. The number of piperidine rings is 1. The van der Waals surface area contributed by atoms with Gasteiger partial charge in [0, 0.05) is 43.2 Å². The van der Waals surface area contributed by atoms with Crippen molar-refractivity contribution in [3.63, 3.8) is 0 Å². The molecule has 1 fully saturated rings. The SMILES string of the molecule is CCOC(=O)N1CCC(=NNC(=O)c2cc(-c3ccccn3)nc3ccccc23)CC1. The molecule has 158 valence electrons. The van der Waals surface area contributed by atoms with E-state index in [0.717, 1.165) is 11.1 Å². The van der Waals surface area contributed by atoms with Crippen molar-refractivity contribution < 1.29 is 14.3 Å². The number of carbonyl (C=O) groups excluding carboxylic acids is 2. The lowest BCUT2D eigenvalue weighted by atomic mass is 10.1. The maximum Gasteiger partial charge on any atom is 0.409 e. The summed E-state index contributed by atoms with van der Waals surface area (Å²) in [5, 5.41) is 5.06. The van der Waals surface area contributed by atoms with Gasteiger partial charge in [0.1, 0.15) is 0 Å². The Kier molecular flexibility index (Phi) is 6.16. The fourth-order valence-electron chi connectivity index (χ4n) is 3.47. The molecule has 0 radical (unpaired) electrons. The fourth-order valence-corrected chi connectivity index (χ4v) is 3.47. The zero-order valence-electron chi connectivity index (χ0n) is 17.2. The molecule has 0 unspecified atom stereocenters. The van der Waals surface area contributed by atoms with Crippen LogP contribution in [0.3, 0.4) is 0 Å². The van der Waals surface area contributed by atoms with Crippen LogP contribution in [0.15, 0.2) is 59.8 Å². The molecule has 2 aromatic heterocycles. The maximum atomic E-state index is 13.0. The number of pyridine rings is 2. The number of para-hydroxylation sites is 1. The molecular weight excluding hydrogens is 394 g/mol. The van der Waals surface area contributed by atoms with E-state index in [4.69, 9.17) is 4.74 Å². The summed E-state index contributed by atoms with van der Waals surface area (Å²) in [5.74, 6) is -0.309. The van der Waals surface area contributed by atoms with Gasteiger partial charge in [0.05, 0.1) is 29.1 Å². The van der Waals surface area contributed by atoms with Crippen LogP contribution in [0.5, 0.6) is 0 Å². The molecule has 0 aliphatic carbocycles. The number of nitrogens with one attached hydrogen (secondary N) is 1. The Hall–Kier alpha value is -3.81. The monoisotopic (exact) mass is 417 g/mol. The van der Waals surface area contributed by atoms with Gasteiger partial charge >= 0.3 is 6.09 Å². The number of rotatable bonds is 4. The Morgan fingerprint density at radius 2 is 1.87 bits per heavy atom. The average Bonchev–Trinajstić information content (AvgIpc) is 2.83. The van der Waals surface area contributed by atoms with E-state index in [1.807, 2.05) is 42.5 Å². The van der Waals surface area contributed by atoms with Crippen molar-refractivity contribution in [1.82, 2.24) is 20.3 Å². The molecule has 8 nitrogen and oxygen atoms in total. The number of nitrogens with zero attached hydrogens (tertiary/aromatic N) is 4. The molecular formula is C23H23N5O3. The van der Waals surface area contributed by atoms with Crippen molar-refractivity contribution in [2.45, 2.75) is 19.8 Å². The predicted molar refractivity (Wildman–Crippen MR) is 118 cm³/mol. The van der Waals surface area contributed by atoms with Gasteiger partial charge in [-0.2, -0.15) is 5.10 Å². The van der Waals surface area contributed by atoms with Crippen LogP contribution < -0.4 is 5.43 Å². The summed E-state index contributed by atoms with van der Waals surface area (Å²) in [4.78, 5) is 35.5. The molecule has 1 aliphatic heterocycles. The van der Waals surface area contributed by atoms with Crippen molar-refractivity contribution in [1.29, 1.82) is 0 Å². The number of hydrogen-bond acceptors (Lipinski definition) is 6. The normalized spacial score (nSPS) is 13.7. The van der Waals surface area contributed by atoms with Gasteiger partial charge in [-0.15, -0.1) is 0 Å². The van der Waals surface area contributed by atoms with Gasteiger partial charge < -0.3 is 9.64 Å². The molecule has 4 rings (SSSR count). The summed E-state index contributed by atoms with van der Waals surface area (Å²) in [6.07, 6.45) is 2.57. The molecule has 1 aliphatic rings. The molecule has 0 saturated carbocycles. The summed E-state index contributed by atoms with van der Waals surface area (Å²) in [7, 11) is 0. The number of hydrazone groups is 1. The van der Waals surface area contributed by atoms with Crippen LogP contribution in [0.1, 0.15) is 30.1 Å². The Balaban J connectivity index is 1.53. The van der Waals surface area contributed by atoms with Crippen LogP contribution in [0.2, 0.25) is 0 Å². The third-order valence-electron chi connectivity index (χ3n) is 5.07. The number of amides is 2. The summed E-state index contributed by atoms with van der Waals surface area (Å²) in [6, 6.07) is 14.8. The summed E-state index contributed by atoms with van der Waals surface area (Å²) < 4.78 is 5.03. The van der Waals surface area contributed by atoms with Crippen LogP contribution in [0.25, 0.3) is 22.3 Å². The summed E-state index contributed by atoms with van der Waals surface area (Å²) >= 11 is 0. The highest BCUT2D eigenvalue weighted by Gasteiger charge is 2.21. The van der Waals surface area contributed by atoms with Gasteiger partial charge in [-0.3, -0.25) is 9.78 Å². The molecule has 1 N–H and O–H groups in total. The van der Waals surface area contributed by atoms with Crippen molar-refractivity contribution in [2.75, 3.05) is 19.7 Å². The van der Waals surface area contributed by atoms with Crippen LogP contribution in [-0.2, 0) is 4.74 Å². The lowest BCUT2D eigenvalue weighted by molar-refractivity contribution is 0.0953. The van der Waals surface area contributed by atoms with Crippen LogP contribution in [-0.4, -0.2) is 52.3 Å². The van der Waals surface area contributed by atoms with Gasteiger partial charge in [0.2, 0.25) is 0 Å². The van der Waals surface area contributed by atoms with E-state index in [9.17, 15) is 9.59 Å². The van der Waals surface area contributed by atoms with Crippen LogP contribution in [0.4, 0.5) is 4.79 Å². The molecule has 0 atom stereocenters. The molecule has 0 spiro atoms. The molecule has 3 heterocycles. The first-order chi connectivity index (χ1) is 15.2. The first-order valence-electron chi connectivity index (χ1n) is 10.2. The average molecular weight is 417 g/mol. The number of likely N-dealkylation sites (tertiary alicyclic amines) is 1. The second-order valence-electron chi connectivity index (χ2n) is 7.09. The Morgan fingerprint density at radius 3 is 2.61 bits per heavy atom. The van der Waals surface area contributed by atoms with E-state index in [1.54, 1.807) is 24.1 Å². The Morgan fingerprint density at radius 1 is 1.10 bits per heavy atom. The zero-order valence-corrected chi connectivity index (χ0v) is 17.2. The summed E-state index contributed by atoms with van der Waals surface area (Å²) in [6.45, 7) is 3.18. The van der Waals surface area contributed by atoms with Crippen molar-refractivity contribution >= 4 is 28.6 Å². The van der Waals surface area contributed by atoms with Gasteiger partial charge in [0.15, 0.2) is 0 Å². The number of benzene rings is 1. The predicted octanol–water partition coefficient (Wildman–Crippen LogP) is 3.63. The standard InChI is InChI=1S/C23H23N5O3/c1-2-31-23(30)28-13-10-16(11-14-28)26-27-22(29)18-15-21(20-9-5-6-12-24-20)25-19-8-4-3-7-17(18)19/h3-9,12,15H,2,10-11,13-14H2,1H3,(H,27,29). The van der Waals surface area contributed by atoms with E-state index in [2.05, 4.69) is 20.5 Å². The highest BCUT2D eigenvalue weighted by atomic mass is 16.6. The van der Waals surface area contributed by atoms with Gasteiger partial charge in [-0.1, -0.05) is 24.3 Å². The number of ether oxygens (including phenoxy) is 1. The molecule has 0 bridgehead atoms. The third kappa shape index (κ3) is 4.69. The molecule has 1 saturated heterocycles. The van der Waals surface area contributed by atoms with Crippen LogP contribution >= 0.6 is 0 Å². The Labute approximate surface area is 179 Å². The van der Waals surface area contributed by atoms with Crippen molar-refractivity contribution in [2.24, 2.45) is 5.10 Å². The molecule has 8 heteroatoms. The highest BCUT2D eigenvalue weighted by Crippen LogP contribution is 2.23. The quantitative estimate of drug-likeness (QED) is 0.654. The van der Waals surface area contributed by atoms with E-state index in [0.29, 0.717) is 55.0 Å². The smallest absolute Gasteiger partial charge is 0.409 e. The van der Waals surface area contributed by atoms with E-state index >= 15 is 0 Å². The second kappa shape index (κ2) is 9.34. The number of aromatic nitrogens is 2. The first-order valence-corrected chi connectivity index (χ1v) is 10.2. The minimum Gasteiger partial charge on any atom is -0.450 e. The second-order valence-corrected chi connectivity index (χ2v) is 7.09. The van der Waals surface area contributed by atoms with Gasteiger partial charge in [0.25, 0.3) is 5.91 Å². The van der Waals surface area contributed by atoms with Gasteiger partial charge in [-0.05, 0) is 31.2 Å². The number of carbonyl (C=O) groups is 2. The lowest BCUT2D eigenvalue weighted by Crippen LogP contribution is -2.39.